The van der Waals surface area contributed by atoms with Crippen LogP contribution in [-0.2, 0) is 0 Å². The minimum absolute atomic E-state index is 0.778. The maximum atomic E-state index is 6.42. The van der Waals surface area contributed by atoms with Gasteiger partial charge < -0.3 is 5.73 Å². The maximum absolute atomic E-state index is 6.42. The minimum atomic E-state index is 0.778. The van der Waals surface area contributed by atoms with Gasteiger partial charge in [-0.25, -0.2) is 0 Å². The van der Waals surface area contributed by atoms with E-state index in [-0.39, 0.29) is 0 Å². The van der Waals surface area contributed by atoms with Gasteiger partial charge in [-0.05, 0) is 33.9 Å². The van der Waals surface area contributed by atoms with Crippen LogP contribution in [0.1, 0.15) is 22.3 Å². The van der Waals surface area contributed by atoms with E-state index >= 15 is 0 Å². The number of nitrogen functional groups attached to an aromatic ring is 1. The number of para-hydroxylation sites is 1. The van der Waals surface area contributed by atoms with Crippen molar-refractivity contribution in [1.82, 2.24) is 0 Å². The lowest BCUT2D eigenvalue weighted by Gasteiger charge is -2.19. The Morgan fingerprint density at radius 3 is 1.22 bits per heavy atom. The highest BCUT2D eigenvalue weighted by atomic mass is 14.6. The van der Waals surface area contributed by atoms with Crippen LogP contribution < -0.4 is 5.73 Å². The van der Waals surface area contributed by atoms with Gasteiger partial charge in [0, 0.05) is 11.3 Å². The molecule has 27 heavy (non-hydrogen) atoms. The van der Waals surface area contributed by atoms with Crippen molar-refractivity contribution in [3.8, 4) is 0 Å². The first-order valence-corrected chi connectivity index (χ1v) is 9.10. The van der Waals surface area contributed by atoms with Crippen molar-refractivity contribution in [2.45, 2.75) is 0 Å². The summed E-state index contributed by atoms with van der Waals surface area (Å²) in [6.45, 7) is 0. The number of benzene rings is 4. The quantitative estimate of drug-likeness (QED) is 0.341. The second-order valence-corrected chi connectivity index (χ2v) is 6.44. The SMILES string of the molecule is Nc1ccccc1C(=C(c1ccccc1)c1ccccc1)c1ccccc1. The predicted molar refractivity (Wildman–Crippen MR) is 115 cm³/mol. The van der Waals surface area contributed by atoms with Crippen LogP contribution in [0.15, 0.2) is 115 Å². The fraction of sp³-hybridized carbons (Fsp3) is 0. The summed E-state index contributed by atoms with van der Waals surface area (Å²) in [5, 5.41) is 0. The van der Waals surface area contributed by atoms with Crippen LogP contribution in [0.3, 0.4) is 0 Å². The highest BCUT2D eigenvalue weighted by Gasteiger charge is 2.17. The van der Waals surface area contributed by atoms with Gasteiger partial charge in [0.1, 0.15) is 0 Å². The van der Waals surface area contributed by atoms with Gasteiger partial charge in [0.25, 0.3) is 0 Å². The van der Waals surface area contributed by atoms with E-state index in [1.54, 1.807) is 0 Å². The molecule has 0 atom stereocenters. The molecule has 1 nitrogen and oxygen atoms in total. The van der Waals surface area contributed by atoms with Crippen LogP contribution in [-0.4, -0.2) is 0 Å². The zero-order chi connectivity index (χ0) is 18.5. The lowest BCUT2D eigenvalue weighted by molar-refractivity contribution is 1.50. The van der Waals surface area contributed by atoms with E-state index in [0.29, 0.717) is 0 Å². The summed E-state index contributed by atoms with van der Waals surface area (Å²) in [5.41, 5.74) is 14.1. The van der Waals surface area contributed by atoms with Crippen LogP contribution in [0, 0.1) is 0 Å². The molecular weight excluding hydrogens is 326 g/mol. The molecular formula is C26H21N. The third kappa shape index (κ3) is 3.54. The summed E-state index contributed by atoms with van der Waals surface area (Å²) in [4.78, 5) is 0. The largest absolute Gasteiger partial charge is 0.398 e. The number of hydrogen-bond donors (Lipinski definition) is 1. The molecule has 0 heterocycles. The monoisotopic (exact) mass is 347 g/mol. The molecule has 4 rings (SSSR count). The summed E-state index contributed by atoms with van der Waals surface area (Å²) in [7, 11) is 0. The molecule has 0 fully saturated rings. The number of hydrogen-bond acceptors (Lipinski definition) is 1. The Morgan fingerprint density at radius 1 is 0.407 bits per heavy atom. The number of rotatable bonds is 4. The van der Waals surface area contributed by atoms with Crippen LogP contribution >= 0.6 is 0 Å². The molecule has 0 radical (unpaired) electrons. The first-order valence-electron chi connectivity index (χ1n) is 9.10. The molecule has 130 valence electrons. The average molecular weight is 347 g/mol. The molecule has 0 aliphatic carbocycles. The summed E-state index contributed by atoms with van der Waals surface area (Å²) in [6.07, 6.45) is 0. The Labute approximate surface area is 160 Å². The van der Waals surface area contributed by atoms with Crippen LogP contribution in [0.2, 0.25) is 0 Å². The second kappa shape index (κ2) is 7.76. The van der Waals surface area contributed by atoms with E-state index in [2.05, 4.69) is 78.9 Å². The van der Waals surface area contributed by atoms with E-state index in [9.17, 15) is 0 Å². The van der Waals surface area contributed by atoms with Crippen LogP contribution in [0.4, 0.5) is 5.69 Å². The normalized spacial score (nSPS) is 10.4. The minimum Gasteiger partial charge on any atom is -0.398 e. The molecule has 4 aromatic rings. The third-order valence-corrected chi connectivity index (χ3v) is 4.67. The molecule has 0 aliphatic heterocycles. The smallest absolute Gasteiger partial charge is 0.0394 e. The molecule has 0 unspecified atom stereocenters. The van der Waals surface area contributed by atoms with Gasteiger partial charge in [0.05, 0.1) is 0 Å². The van der Waals surface area contributed by atoms with Gasteiger partial charge >= 0.3 is 0 Å². The number of nitrogens with two attached hydrogens (primary N) is 1. The van der Waals surface area contributed by atoms with E-state index < -0.39 is 0 Å². The summed E-state index contributed by atoms with van der Waals surface area (Å²) < 4.78 is 0. The molecule has 0 spiro atoms. The fourth-order valence-corrected chi connectivity index (χ4v) is 3.43. The van der Waals surface area contributed by atoms with Crippen molar-refractivity contribution < 1.29 is 0 Å². The molecule has 2 N–H and O–H groups in total. The van der Waals surface area contributed by atoms with E-state index in [4.69, 9.17) is 5.73 Å². The van der Waals surface area contributed by atoms with Crippen LogP contribution in [0.5, 0.6) is 0 Å². The van der Waals surface area contributed by atoms with Crippen molar-refractivity contribution in [3.05, 3.63) is 138 Å². The van der Waals surface area contributed by atoms with Crippen molar-refractivity contribution in [3.63, 3.8) is 0 Å². The van der Waals surface area contributed by atoms with E-state index in [1.807, 2.05) is 36.4 Å². The predicted octanol–water partition coefficient (Wildman–Crippen LogP) is 6.28. The van der Waals surface area contributed by atoms with Gasteiger partial charge in [-0.3, -0.25) is 0 Å². The highest BCUT2D eigenvalue weighted by molar-refractivity contribution is 6.06. The van der Waals surface area contributed by atoms with Gasteiger partial charge in [-0.2, -0.15) is 0 Å². The van der Waals surface area contributed by atoms with Crippen molar-refractivity contribution in [2.24, 2.45) is 0 Å². The molecule has 1 heteroatoms. The molecule has 0 bridgehead atoms. The number of anilines is 1. The molecule has 0 saturated carbocycles. The Balaban J connectivity index is 2.12. The fourth-order valence-electron chi connectivity index (χ4n) is 3.43. The standard InChI is InChI=1S/C26H21N/c27-24-19-11-10-18-23(24)26(22-16-8-3-9-17-22)25(20-12-4-1-5-13-20)21-14-6-2-7-15-21/h1-19H,27H2. The van der Waals surface area contributed by atoms with Crippen molar-refractivity contribution in [1.29, 1.82) is 0 Å². The first-order chi connectivity index (χ1) is 13.3. The van der Waals surface area contributed by atoms with E-state index in [1.165, 1.54) is 16.7 Å². The lowest BCUT2D eigenvalue weighted by atomic mass is 9.85. The van der Waals surface area contributed by atoms with E-state index in [0.717, 1.165) is 22.4 Å². The lowest BCUT2D eigenvalue weighted by Crippen LogP contribution is -2.00. The highest BCUT2D eigenvalue weighted by Crippen LogP contribution is 2.38. The summed E-state index contributed by atoms with van der Waals surface area (Å²) in [5.74, 6) is 0. The molecule has 0 aliphatic rings. The third-order valence-electron chi connectivity index (χ3n) is 4.67. The molecule has 0 aromatic heterocycles. The Bertz CT molecular complexity index is 1010. The molecule has 4 aromatic carbocycles. The Kier molecular flexibility index (Phi) is 4.84. The van der Waals surface area contributed by atoms with Crippen LogP contribution in [0.25, 0.3) is 11.1 Å². The van der Waals surface area contributed by atoms with Gasteiger partial charge in [0.15, 0.2) is 0 Å². The zero-order valence-electron chi connectivity index (χ0n) is 15.0. The van der Waals surface area contributed by atoms with Gasteiger partial charge in [0.2, 0.25) is 0 Å². The first kappa shape index (κ1) is 16.9. The maximum Gasteiger partial charge on any atom is 0.0394 e. The summed E-state index contributed by atoms with van der Waals surface area (Å²) >= 11 is 0. The molecule has 0 amide bonds. The van der Waals surface area contributed by atoms with Gasteiger partial charge in [-0.1, -0.05) is 109 Å². The Hall–Kier alpha value is -3.58. The average Bonchev–Trinajstić information content (AvgIpc) is 2.74. The van der Waals surface area contributed by atoms with Crippen molar-refractivity contribution in [2.75, 3.05) is 5.73 Å². The Morgan fingerprint density at radius 2 is 0.778 bits per heavy atom. The molecule has 0 saturated heterocycles. The topological polar surface area (TPSA) is 26.0 Å². The second-order valence-electron chi connectivity index (χ2n) is 6.44. The summed E-state index contributed by atoms with van der Waals surface area (Å²) in [6, 6.07) is 39.6. The zero-order valence-corrected chi connectivity index (χ0v) is 15.0. The van der Waals surface area contributed by atoms with Crippen molar-refractivity contribution >= 4 is 16.8 Å². The van der Waals surface area contributed by atoms with Gasteiger partial charge in [-0.15, -0.1) is 0 Å².